The molecular weight excluding hydrogens is 446 g/mol. The van der Waals surface area contributed by atoms with Gasteiger partial charge in [-0.05, 0) is 62.4 Å². The topological polar surface area (TPSA) is 65.7 Å². The molecule has 1 atom stereocenters. The van der Waals surface area contributed by atoms with Crippen molar-refractivity contribution in [3.05, 3.63) is 95.9 Å². The lowest BCUT2D eigenvalue weighted by Gasteiger charge is -2.32. The predicted octanol–water partition coefficient (Wildman–Crippen LogP) is 5.73. The van der Waals surface area contributed by atoms with Gasteiger partial charge in [0.1, 0.15) is 5.84 Å². The largest absolute Gasteiger partial charge is 0.373 e. The molecule has 2 aliphatic rings. The fourth-order valence-corrected chi connectivity index (χ4v) is 5.11. The highest BCUT2D eigenvalue weighted by atomic mass is 16.3. The number of hydrazone groups is 1. The summed E-state index contributed by atoms with van der Waals surface area (Å²) < 4.78 is 2.16. The summed E-state index contributed by atoms with van der Waals surface area (Å²) in [5.74, 6) is 1.57. The standard InChI is InChI=1S/C30H35N5O/c1-5-34-19-18-28(33-34)31-22(4)23-16-17-26-27(20-23)35(21(2)3)29(32-26)30(36,24-12-8-6-9-13-24)25-14-10-7-11-15-25/h6,8-10,12-17,20-21,36H,4-5,7,11,18-19H2,1-3H3,(H,31,33). The lowest BCUT2D eigenvalue weighted by Crippen LogP contribution is -2.34. The lowest BCUT2D eigenvalue weighted by atomic mass is 9.82. The molecule has 0 saturated carbocycles. The van der Waals surface area contributed by atoms with Gasteiger partial charge in [0.2, 0.25) is 0 Å². The predicted molar refractivity (Wildman–Crippen MR) is 147 cm³/mol. The molecule has 0 bridgehead atoms. The monoisotopic (exact) mass is 481 g/mol. The van der Waals surface area contributed by atoms with Crippen molar-refractivity contribution < 1.29 is 5.11 Å². The van der Waals surface area contributed by atoms with Crippen molar-refractivity contribution in [1.29, 1.82) is 0 Å². The van der Waals surface area contributed by atoms with E-state index >= 15 is 0 Å². The van der Waals surface area contributed by atoms with Crippen molar-refractivity contribution in [3.8, 4) is 0 Å². The molecule has 0 radical (unpaired) electrons. The first-order chi connectivity index (χ1) is 17.4. The number of nitrogens with zero attached hydrogens (tertiary/aromatic N) is 4. The van der Waals surface area contributed by atoms with Gasteiger partial charge in [-0.25, -0.2) is 4.98 Å². The Bertz CT molecular complexity index is 1360. The lowest BCUT2D eigenvalue weighted by molar-refractivity contribution is 0.109. The van der Waals surface area contributed by atoms with Crippen LogP contribution < -0.4 is 5.32 Å². The molecule has 6 nitrogen and oxygen atoms in total. The quantitative estimate of drug-likeness (QED) is 0.452. The van der Waals surface area contributed by atoms with Gasteiger partial charge in [0.15, 0.2) is 11.4 Å². The highest BCUT2D eigenvalue weighted by Gasteiger charge is 2.40. The van der Waals surface area contributed by atoms with E-state index in [2.05, 4.69) is 65.6 Å². The highest BCUT2D eigenvalue weighted by Crippen LogP contribution is 2.41. The number of nitrogens with one attached hydrogen (secondary N) is 1. The number of benzene rings is 2. The van der Waals surface area contributed by atoms with Crippen LogP contribution in [0.15, 0.2) is 84.0 Å². The van der Waals surface area contributed by atoms with Gasteiger partial charge in [-0.2, -0.15) is 5.10 Å². The Morgan fingerprint density at radius 1 is 1.17 bits per heavy atom. The molecule has 186 valence electrons. The van der Waals surface area contributed by atoms with Crippen molar-refractivity contribution in [1.82, 2.24) is 19.9 Å². The van der Waals surface area contributed by atoms with Gasteiger partial charge in [-0.1, -0.05) is 61.2 Å². The molecule has 1 aromatic heterocycles. The van der Waals surface area contributed by atoms with E-state index in [0.717, 1.165) is 71.6 Å². The van der Waals surface area contributed by atoms with E-state index in [-0.39, 0.29) is 6.04 Å². The number of imidazole rings is 1. The average Bonchev–Trinajstić information content (AvgIpc) is 3.53. The van der Waals surface area contributed by atoms with Crippen LogP contribution in [0.1, 0.15) is 63.0 Å². The van der Waals surface area contributed by atoms with Gasteiger partial charge < -0.3 is 15.0 Å². The van der Waals surface area contributed by atoms with Gasteiger partial charge >= 0.3 is 0 Å². The summed E-state index contributed by atoms with van der Waals surface area (Å²) in [7, 11) is 0. The van der Waals surface area contributed by atoms with Crippen LogP contribution in [-0.2, 0) is 5.60 Å². The molecule has 6 heteroatoms. The SMILES string of the molecule is C=C(NC1=NN(CC)CC1)c1ccc2nc(C(O)(C3=CCCC=C3)c3ccccc3)n(C(C)C)c2c1. The molecule has 1 unspecified atom stereocenters. The van der Waals surface area contributed by atoms with E-state index in [1.54, 1.807) is 0 Å². The minimum Gasteiger partial charge on any atom is -0.373 e. The first-order valence-corrected chi connectivity index (χ1v) is 12.9. The Morgan fingerprint density at radius 3 is 2.64 bits per heavy atom. The summed E-state index contributed by atoms with van der Waals surface area (Å²) in [6.07, 6.45) is 9.07. The maximum absolute atomic E-state index is 12.5. The minimum absolute atomic E-state index is 0.0854. The molecule has 0 spiro atoms. The Balaban J connectivity index is 1.62. The van der Waals surface area contributed by atoms with Gasteiger partial charge in [0.05, 0.1) is 11.0 Å². The summed E-state index contributed by atoms with van der Waals surface area (Å²) in [5.41, 5.74) is 3.92. The van der Waals surface area contributed by atoms with Crippen LogP contribution in [0, 0.1) is 0 Å². The number of hydrogen-bond acceptors (Lipinski definition) is 5. The summed E-state index contributed by atoms with van der Waals surface area (Å²) in [5, 5.41) is 22.5. The zero-order valence-electron chi connectivity index (χ0n) is 21.4. The molecule has 36 heavy (non-hydrogen) atoms. The van der Waals surface area contributed by atoms with E-state index in [0.29, 0.717) is 5.82 Å². The summed E-state index contributed by atoms with van der Waals surface area (Å²) in [6.45, 7) is 12.5. The smallest absolute Gasteiger partial charge is 0.172 e. The second-order valence-electron chi connectivity index (χ2n) is 9.76. The average molecular weight is 482 g/mol. The number of aliphatic hydroxyl groups is 1. The maximum atomic E-state index is 12.5. The second kappa shape index (κ2) is 9.78. The molecule has 3 aromatic rings. The van der Waals surface area contributed by atoms with E-state index in [9.17, 15) is 5.11 Å². The molecular formula is C30H35N5O. The van der Waals surface area contributed by atoms with E-state index in [4.69, 9.17) is 4.98 Å². The van der Waals surface area contributed by atoms with E-state index in [1.165, 1.54) is 0 Å². The van der Waals surface area contributed by atoms with Crippen LogP contribution >= 0.6 is 0 Å². The van der Waals surface area contributed by atoms with Gasteiger partial charge in [-0.15, -0.1) is 0 Å². The van der Waals surface area contributed by atoms with Crippen LogP contribution in [0.25, 0.3) is 16.7 Å². The van der Waals surface area contributed by atoms with Gasteiger partial charge in [0.25, 0.3) is 0 Å². The van der Waals surface area contributed by atoms with E-state index in [1.807, 2.05) is 48.5 Å². The fraction of sp³-hybridized carbons (Fsp3) is 0.333. The number of amidine groups is 1. The molecule has 2 N–H and O–H groups in total. The van der Waals surface area contributed by atoms with Crippen molar-refractivity contribution in [2.75, 3.05) is 13.1 Å². The number of hydrogen-bond donors (Lipinski definition) is 2. The number of allylic oxidation sites excluding steroid dienone is 2. The molecule has 1 aliphatic carbocycles. The first-order valence-electron chi connectivity index (χ1n) is 12.9. The normalized spacial score (nSPS) is 17.3. The summed E-state index contributed by atoms with van der Waals surface area (Å²) in [4.78, 5) is 5.04. The second-order valence-corrected chi connectivity index (χ2v) is 9.76. The van der Waals surface area contributed by atoms with Crippen LogP contribution in [0.2, 0.25) is 0 Å². The van der Waals surface area contributed by atoms with Crippen LogP contribution in [-0.4, -0.2) is 38.6 Å². The van der Waals surface area contributed by atoms with Crippen molar-refractivity contribution in [3.63, 3.8) is 0 Å². The first kappa shape index (κ1) is 24.1. The summed E-state index contributed by atoms with van der Waals surface area (Å²) >= 11 is 0. The third-order valence-electron chi connectivity index (χ3n) is 7.01. The van der Waals surface area contributed by atoms with E-state index < -0.39 is 5.60 Å². The fourth-order valence-electron chi connectivity index (χ4n) is 5.11. The van der Waals surface area contributed by atoms with Crippen molar-refractivity contribution in [2.45, 2.75) is 51.7 Å². The zero-order chi connectivity index (χ0) is 25.3. The third-order valence-corrected chi connectivity index (χ3v) is 7.01. The number of fused-ring (bicyclic) bond motifs is 1. The minimum atomic E-state index is -1.36. The Hall–Kier alpha value is -3.64. The number of rotatable bonds is 7. The van der Waals surface area contributed by atoms with Gasteiger partial charge in [0, 0.05) is 31.2 Å². The molecule has 0 amide bonds. The highest BCUT2D eigenvalue weighted by molar-refractivity contribution is 5.92. The Kier molecular flexibility index (Phi) is 6.54. The molecule has 0 fully saturated rings. The third kappa shape index (κ3) is 4.26. The van der Waals surface area contributed by atoms with Gasteiger partial charge in [-0.3, -0.25) is 5.01 Å². The molecule has 1 aliphatic heterocycles. The zero-order valence-corrected chi connectivity index (χ0v) is 21.4. The Morgan fingerprint density at radius 2 is 1.97 bits per heavy atom. The molecule has 2 aromatic carbocycles. The van der Waals surface area contributed by atoms with Crippen LogP contribution in [0.5, 0.6) is 0 Å². The van der Waals surface area contributed by atoms with Crippen LogP contribution in [0.4, 0.5) is 0 Å². The molecule has 0 saturated heterocycles. The van der Waals surface area contributed by atoms with Crippen LogP contribution in [0.3, 0.4) is 0 Å². The summed E-state index contributed by atoms with van der Waals surface area (Å²) in [6, 6.07) is 16.1. The van der Waals surface area contributed by atoms with Crippen molar-refractivity contribution >= 4 is 22.6 Å². The number of aromatic nitrogens is 2. The Labute approximate surface area is 213 Å². The molecule has 5 rings (SSSR count). The van der Waals surface area contributed by atoms with Crippen molar-refractivity contribution in [2.24, 2.45) is 5.10 Å². The maximum Gasteiger partial charge on any atom is 0.172 e. The molecule has 2 heterocycles.